The molecule has 3 nitrogen and oxygen atoms in total. The fraction of sp³-hybridized carbons (Fsp3) is 0.385. The molecule has 0 aliphatic heterocycles. The molecule has 0 aliphatic rings. The molecule has 90 valence electrons. The normalized spacial score (nSPS) is 10.9. The molecule has 1 heterocycles. The lowest BCUT2D eigenvalue weighted by molar-refractivity contribution is 0.694. The molecule has 1 N–H and O–H groups in total. The number of aromatic nitrogens is 2. The third-order valence-corrected chi connectivity index (χ3v) is 3.23. The van der Waals surface area contributed by atoms with E-state index in [0.717, 1.165) is 28.7 Å². The fourth-order valence-electron chi connectivity index (χ4n) is 1.82. The number of rotatable bonds is 4. The maximum atomic E-state index is 11.8. The van der Waals surface area contributed by atoms with Crippen molar-refractivity contribution in [3.05, 3.63) is 38.9 Å². The van der Waals surface area contributed by atoms with E-state index in [1.807, 2.05) is 12.1 Å². The van der Waals surface area contributed by atoms with Crippen LogP contribution in [0.5, 0.6) is 0 Å². The number of unbranched alkanes of at least 4 members (excludes halogenated alkanes) is 2. The van der Waals surface area contributed by atoms with Gasteiger partial charge in [0.2, 0.25) is 0 Å². The topological polar surface area (TPSA) is 45.8 Å². The average molecular weight is 295 g/mol. The van der Waals surface area contributed by atoms with Gasteiger partial charge >= 0.3 is 0 Å². The first-order valence-electron chi connectivity index (χ1n) is 5.89. The number of fused-ring (bicyclic) bond motifs is 1. The second-order valence-electron chi connectivity index (χ2n) is 4.13. The molecule has 0 radical (unpaired) electrons. The number of aryl methyl sites for hydroxylation is 1. The third kappa shape index (κ3) is 2.94. The number of aromatic amines is 1. The summed E-state index contributed by atoms with van der Waals surface area (Å²) in [6.07, 6.45) is 4.24. The molecule has 1 aromatic heterocycles. The molecule has 0 saturated carbocycles. The van der Waals surface area contributed by atoms with Crippen molar-refractivity contribution in [2.75, 3.05) is 0 Å². The average Bonchev–Trinajstić information content (AvgIpc) is 2.28. The number of benzene rings is 1. The van der Waals surface area contributed by atoms with Crippen LogP contribution >= 0.6 is 15.9 Å². The molecule has 1 aromatic carbocycles. The Morgan fingerprint density at radius 2 is 2.18 bits per heavy atom. The monoisotopic (exact) mass is 294 g/mol. The van der Waals surface area contributed by atoms with Crippen LogP contribution < -0.4 is 5.56 Å². The number of nitrogens with zero attached hydrogens (tertiary/aromatic N) is 1. The van der Waals surface area contributed by atoms with Crippen LogP contribution in [0.25, 0.3) is 10.9 Å². The van der Waals surface area contributed by atoms with Gasteiger partial charge in [-0.3, -0.25) is 4.79 Å². The highest BCUT2D eigenvalue weighted by atomic mass is 79.9. The molecule has 0 atom stereocenters. The van der Waals surface area contributed by atoms with Gasteiger partial charge in [-0.25, -0.2) is 4.98 Å². The third-order valence-electron chi connectivity index (χ3n) is 2.73. The van der Waals surface area contributed by atoms with Crippen LogP contribution in [0.2, 0.25) is 0 Å². The SMILES string of the molecule is CCCCCc1nc2cc(Br)ccc2c(=O)[nH]1. The van der Waals surface area contributed by atoms with E-state index >= 15 is 0 Å². The number of halogens is 1. The van der Waals surface area contributed by atoms with Crippen molar-refractivity contribution in [1.82, 2.24) is 9.97 Å². The summed E-state index contributed by atoms with van der Waals surface area (Å²) in [5.41, 5.74) is 0.712. The Morgan fingerprint density at radius 1 is 1.35 bits per heavy atom. The second kappa shape index (κ2) is 5.45. The van der Waals surface area contributed by atoms with Crippen molar-refractivity contribution < 1.29 is 0 Å². The summed E-state index contributed by atoms with van der Waals surface area (Å²) < 4.78 is 0.947. The molecular formula is C13H15BrN2O. The number of hydrogen-bond donors (Lipinski definition) is 1. The summed E-state index contributed by atoms with van der Waals surface area (Å²) >= 11 is 3.39. The Hall–Kier alpha value is -1.16. The summed E-state index contributed by atoms with van der Waals surface area (Å²) in [7, 11) is 0. The van der Waals surface area contributed by atoms with E-state index in [0.29, 0.717) is 5.39 Å². The van der Waals surface area contributed by atoms with Gasteiger partial charge < -0.3 is 4.98 Å². The minimum absolute atomic E-state index is 0.0472. The zero-order valence-corrected chi connectivity index (χ0v) is 11.4. The Balaban J connectivity index is 2.36. The molecule has 0 aliphatic carbocycles. The maximum absolute atomic E-state index is 11.8. The van der Waals surface area contributed by atoms with Crippen LogP contribution in [-0.4, -0.2) is 9.97 Å². The first kappa shape index (κ1) is 12.3. The molecule has 0 amide bonds. The van der Waals surface area contributed by atoms with Crippen LogP contribution in [0.1, 0.15) is 32.0 Å². The molecule has 0 saturated heterocycles. The van der Waals surface area contributed by atoms with Gasteiger partial charge in [0.1, 0.15) is 5.82 Å². The highest BCUT2D eigenvalue weighted by Gasteiger charge is 2.04. The van der Waals surface area contributed by atoms with E-state index < -0.39 is 0 Å². The summed E-state index contributed by atoms with van der Waals surface area (Å²) in [5.74, 6) is 0.786. The van der Waals surface area contributed by atoms with Gasteiger partial charge in [-0.15, -0.1) is 0 Å². The van der Waals surface area contributed by atoms with Crippen molar-refractivity contribution in [2.45, 2.75) is 32.6 Å². The molecule has 0 spiro atoms. The lowest BCUT2D eigenvalue weighted by Gasteiger charge is -2.03. The van der Waals surface area contributed by atoms with Crippen LogP contribution in [0.3, 0.4) is 0 Å². The number of hydrogen-bond acceptors (Lipinski definition) is 2. The predicted octanol–water partition coefficient (Wildman–Crippen LogP) is 3.42. The van der Waals surface area contributed by atoms with E-state index in [4.69, 9.17) is 0 Å². The standard InChI is InChI=1S/C13H15BrN2O/c1-2-3-4-5-12-15-11-8-9(14)6-7-10(11)13(17)16-12/h6-8H,2-5H2,1H3,(H,15,16,17). The maximum Gasteiger partial charge on any atom is 0.258 e. The largest absolute Gasteiger partial charge is 0.310 e. The molecule has 0 fully saturated rings. The molecule has 2 aromatic rings. The summed E-state index contributed by atoms with van der Waals surface area (Å²) in [6.45, 7) is 2.16. The highest BCUT2D eigenvalue weighted by Crippen LogP contribution is 2.15. The van der Waals surface area contributed by atoms with Gasteiger partial charge in [-0.1, -0.05) is 35.7 Å². The number of nitrogens with one attached hydrogen (secondary N) is 1. The van der Waals surface area contributed by atoms with Gasteiger partial charge in [0.15, 0.2) is 0 Å². The Kier molecular flexibility index (Phi) is 3.94. The zero-order valence-electron chi connectivity index (χ0n) is 9.79. The second-order valence-corrected chi connectivity index (χ2v) is 5.05. The minimum Gasteiger partial charge on any atom is -0.310 e. The van der Waals surface area contributed by atoms with Crippen LogP contribution in [-0.2, 0) is 6.42 Å². The minimum atomic E-state index is -0.0472. The van der Waals surface area contributed by atoms with Gasteiger partial charge in [0.25, 0.3) is 5.56 Å². The lowest BCUT2D eigenvalue weighted by atomic mass is 10.2. The summed E-state index contributed by atoms with van der Waals surface area (Å²) in [5, 5.41) is 0.646. The molecular weight excluding hydrogens is 280 g/mol. The number of H-pyrrole nitrogens is 1. The quantitative estimate of drug-likeness (QED) is 0.878. The molecule has 17 heavy (non-hydrogen) atoms. The molecule has 4 heteroatoms. The van der Waals surface area contributed by atoms with Crippen molar-refractivity contribution in [3.63, 3.8) is 0 Å². The summed E-state index contributed by atoms with van der Waals surface area (Å²) in [4.78, 5) is 19.2. The van der Waals surface area contributed by atoms with E-state index in [2.05, 4.69) is 32.8 Å². The smallest absolute Gasteiger partial charge is 0.258 e. The molecule has 0 unspecified atom stereocenters. The van der Waals surface area contributed by atoms with Crippen molar-refractivity contribution >= 4 is 26.8 Å². The van der Waals surface area contributed by atoms with Crippen LogP contribution in [0.4, 0.5) is 0 Å². The van der Waals surface area contributed by atoms with Crippen molar-refractivity contribution in [1.29, 1.82) is 0 Å². The van der Waals surface area contributed by atoms with Crippen LogP contribution in [0.15, 0.2) is 27.5 Å². The highest BCUT2D eigenvalue weighted by molar-refractivity contribution is 9.10. The predicted molar refractivity (Wildman–Crippen MR) is 73.3 cm³/mol. The first-order valence-corrected chi connectivity index (χ1v) is 6.68. The van der Waals surface area contributed by atoms with Crippen molar-refractivity contribution in [2.24, 2.45) is 0 Å². The van der Waals surface area contributed by atoms with Crippen LogP contribution in [0, 0.1) is 0 Å². The fourth-order valence-corrected chi connectivity index (χ4v) is 2.17. The van der Waals surface area contributed by atoms with Gasteiger partial charge in [-0.05, 0) is 24.6 Å². The lowest BCUT2D eigenvalue weighted by Crippen LogP contribution is -2.11. The van der Waals surface area contributed by atoms with Crippen molar-refractivity contribution in [3.8, 4) is 0 Å². The van der Waals surface area contributed by atoms with E-state index in [1.54, 1.807) is 6.07 Å². The van der Waals surface area contributed by atoms with Gasteiger partial charge in [-0.2, -0.15) is 0 Å². The molecule has 2 rings (SSSR count). The van der Waals surface area contributed by atoms with E-state index in [1.165, 1.54) is 12.8 Å². The summed E-state index contributed by atoms with van der Waals surface area (Å²) in [6, 6.07) is 5.53. The molecule has 0 bridgehead atoms. The van der Waals surface area contributed by atoms with E-state index in [9.17, 15) is 4.79 Å². The van der Waals surface area contributed by atoms with Gasteiger partial charge in [0, 0.05) is 10.9 Å². The van der Waals surface area contributed by atoms with E-state index in [-0.39, 0.29) is 5.56 Å². The first-order chi connectivity index (χ1) is 8.20. The Bertz CT molecular complexity index is 577. The Morgan fingerprint density at radius 3 is 2.94 bits per heavy atom. The Labute approximate surface area is 108 Å². The van der Waals surface area contributed by atoms with Gasteiger partial charge in [0.05, 0.1) is 10.9 Å². The zero-order chi connectivity index (χ0) is 12.3.